The molecule has 0 aliphatic heterocycles. The van der Waals surface area contributed by atoms with E-state index in [0.717, 1.165) is 0 Å². The van der Waals surface area contributed by atoms with Crippen LogP contribution in [0, 0.1) is 11.3 Å². The Kier molecular flexibility index (Phi) is 5.72. The minimum Gasteiger partial charge on any atom is -0.398 e. The van der Waals surface area contributed by atoms with E-state index in [9.17, 15) is 8.42 Å². The van der Waals surface area contributed by atoms with Crippen molar-refractivity contribution in [2.45, 2.75) is 24.8 Å². The second-order valence-corrected chi connectivity index (χ2v) is 7.04. The van der Waals surface area contributed by atoms with Gasteiger partial charge in [0.25, 0.3) is 0 Å². The number of likely N-dealkylation sites (N-methyl/N-ethyl adjacent to an activating group) is 2. The molecule has 0 heterocycles. The van der Waals surface area contributed by atoms with Gasteiger partial charge >= 0.3 is 0 Å². The van der Waals surface area contributed by atoms with E-state index in [1.807, 2.05) is 32.0 Å². The average molecular weight is 310 g/mol. The topological polar surface area (TPSA) is 90.4 Å². The first-order valence-electron chi connectivity index (χ1n) is 6.70. The third-order valence-electron chi connectivity index (χ3n) is 3.16. The maximum absolute atomic E-state index is 12.8. The van der Waals surface area contributed by atoms with E-state index in [0.29, 0.717) is 18.7 Å². The highest BCUT2D eigenvalue weighted by Gasteiger charge is 2.29. The number of benzene rings is 1. The van der Waals surface area contributed by atoms with Crippen molar-refractivity contribution in [3.8, 4) is 6.07 Å². The zero-order valence-corrected chi connectivity index (χ0v) is 13.7. The molecule has 0 saturated carbocycles. The van der Waals surface area contributed by atoms with E-state index in [1.165, 1.54) is 22.5 Å². The number of hydrogen-bond donors (Lipinski definition) is 1. The third-order valence-corrected chi connectivity index (χ3v) is 5.32. The fourth-order valence-corrected chi connectivity index (χ4v) is 4.05. The molecule has 116 valence electrons. The fraction of sp³-hybridized carbons (Fsp3) is 0.500. The monoisotopic (exact) mass is 310 g/mol. The molecule has 2 N–H and O–H groups in total. The van der Waals surface area contributed by atoms with Gasteiger partial charge in [0.15, 0.2) is 0 Å². The van der Waals surface area contributed by atoms with Gasteiger partial charge in [-0.2, -0.15) is 9.57 Å². The van der Waals surface area contributed by atoms with Crippen molar-refractivity contribution < 1.29 is 8.42 Å². The van der Waals surface area contributed by atoms with Gasteiger partial charge in [0, 0.05) is 19.1 Å². The van der Waals surface area contributed by atoms with Gasteiger partial charge < -0.3 is 10.6 Å². The van der Waals surface area contributed by atoms with Crippen LogP contribution in [0.3, 0.4) is 0 Å². The molecule has 0 amide bonds. The molecule has 0 saturated heterocycles. The highest BCUT2D eigenvalue weighted by Crippen LogP contribution is 2.24. The zero-order chi connectivity index (χ0) is 16.2. The molecular formula is C14H22N4O2S. The maximum Gasteiger partial charge on any atom is 0.245 e. The number of nitriles is 1. The number of nitrogen functional groups attached to an aromatic ring is 1. The Balaban J connectivity index is 3.22. The van der Waals surface area contributed by atoms with Crippen molar-refractivity contribution in [1.82, 2.24) is 9.21 Å². The standard InChI is InChI=1S/C14H22N4O2S/c1-5-18(11(2)10-17(3)4)21(19,20)14-7-6-12(9-15)8-13(14)16/h6-8,11H,5,10,16H2,1-4H3. The number of nitrogens with zero attached hydrogens (tertiary/aromatic N) is 3. The van der Waals surface area contributed by atoms with Gasteiger partial charge in [-0.05, 0) is 39.2 Å². The molecule has 0 aliphatic rings. The van der Waals surface area contributed by atoms with Crippen molar-refractivity contribution in [1.29, 1.82) is 5.26 Å². The second kappa shape index (κ2) is 6.89. The maximum atomic E-state index is 12.8. The van der Waals surface area contributed by atoms with Crippen LogP contribution in [0.1, 0.15) is 19.4 Å². The Morgan fingerprint density at radius 1 is 1.38 bits per heavy atom. The molecule has 1 unspecified atom stereocenters. The second-order valence-electron chi connectivity index (χ2n) is 5.18. The van der Waals surface area contributed by atoms with Gasteiger partial charge in [0.2, 0.25) is 10.0 Å². The summed E-state index contributed by atoms with van der Waals surface area (Å²) in [6.07, 6.45) is 0. The van der Waals surface area contributed by atoms with Crippen LogP contribution in [-0.4, -0.2) is 50.8 Å². The Morgan fingerprint density at radius 3 is 2.43 bits per heavy atom. The van der Waals surface area contributed by atoms with Crippen molar-refractivity contribution in [3.05, 3.63) is 23.8 Å². The third kappa shape index (κ3) is 3.94. The number of sulfonamides is 1. The summed E-state index contributed by atoms with van der Waals surface area (Å²) in [5, 5.41) is 8.83. The summed E-state index contributed by atoms with van der Waals surface area (Å²) in [4.78, 5) is 1.99. The minimum atomic E-state index is -3.68. The predicted octanol–water partition coefficient (Wildman–Crippen LogP) is 1.10. The molecule has 1 rings (SSSR count). The van der Waals surface area contributed by atoms with Crippen LogP contribution in [0.25, 0.3) is 0 Å². The summed E-state index contributed by atoms with van der Waals surface area (Å²) in [5.74, 6) is 0. The number of rotatable bonds is 6. The summed E-state index contributed by atoms with van der Waals surface area (Å²) in [6.45, 7) is 4.63. The van der Waals surface area contributed by atoms with E-state index >= 15 is 0 Å². The highest BCUT2D eigenvalue weighted by molar-refractivity contribution is 7.89. The lowest BCUT2D eigenvalue weighted by molar-refractivity contribution is 0.271. The number of anilines is 1. The average Bonchev–Trinajstić information content (AvgIpc) is 2.37. The zero-order valence-electron chi connectivity index (χ0n) is 12.9. The SMILES string of the molecule is CCN(C(C)CN(C)C)S(=O)(=O)c1ccc(C#N)cc1N. The molecule has 21 heavy (non-hydrogen) atoms. The van der Waals surface area contributed by atoms with Crippen molar-refractivity contribution in [3.63, 3.8) is 0 Å². The van der Waals surface area contributed by atoms with Crippen LogP contribution in [0.5, 0.6) is 0 Å². The van der Waals surface area contributed by atoms with Gasteiger partial charge in [-0.1, -0.05) is 6.92 Å². The smallest absolute Gasteiger partial charge is 0.245 e. The summed E-state index contributed by atoms with van der Waals surface area (Å²) in [5.41, 5.74) is 6.25. The van der Waals surface area contributed by atoms with Gasteiger partial charge in [-0.25, -0.2) is 8.42 Å². The molecule has 1 aromatic carbocycles. The first-order valence-corrected chi connectivity index (χ1v) is 8.14. The summed E-state index contributed by atoms with van der Waals surface area (Å²) < 4.78 is 26.9. The van der Waals surface area contributed by atoms with Gasteiger partial charge in [-0.3, -0.25) is 0 Å². The lowest BCUT2D eigenvalue weighted by Crippen LogP contribution is -2.43. The molecule has 0 aliphatic carbocycles. The molecule has 7 heteroatoms. The van der Waals surface area contributed by atoms with Crippen molar-refractivity contribution in [2.75, 3.05) is 32.9 Å². The summed E-state index contributed by atoms with van der Waals surface area (Å²) >= 11 is 0. The first kappa shape index (κ1) is 17.4. The molecule has 0 fully saturated rings. The molecule has 0 bridgehead atoms. The van der Waals surface area contributed by atoms with Crippen molar-refractivity contribution in [2.24, 2.45) is 0 Å². The van der Waals surface area contributed by atoms with Gasteiger partial charge in [0.05, 0.1) is 17.3 Å². The van der Waals surface area contributed by atoms with Crippen molar-refractivity contribution >= 4 is 15.7 Å². The lowest BCUT2D eigenvalue weighted by Gasteiger charge is -2.29. The molecule has 1 aromatic rings. The van der Waals surface area contributed by atoms with Crippen LogP contribution < -0.4 is 5.73 Å². The molecule has 1 atom stereocenters. The van der Waals surface area contributed by atoms with Crippen LogP contribution in [0.15, 0.2) is 23.1 Å². The van der Waals surface area contributed by atoms with Crippen LogP contribution in [0.4, 0.5) is 5.69 Å². The van der Waals surface area contributed by atoms with E-state index < -0.39 is 10.0 Å². The van der Waals surface area contributed by atoms with E-state index in [1.54, 1.807) is 6.92 Å². The molecule has 0 aromatic heterocycles. The Morgan fingerprint density at radius 2 is 2.00 bits per heavy atom. The minimum absolute atomic E-state index is 0.0500. The number of nitrogens with two attached hydrogens (primary N) is 1. The summed E-state index contributed by atoms with van der Waals surface area (Å²) in [7, 11) is 0.112. The van der Waals surface area contributed by atoms with Crippen LogP contribution >= 0.6 is 0 Å². The summed E-state index contributed by atoms with van der Waals surface area (Å²) in [6, 6.07) is 6.02. The quantitative estimate of drug-likeness (QED) is 0.795. The Labute approximate surface area is 126 Å². The van der Waals surface area contributed by atoms with E-state index in [4.69, 9.17) is 11.0 Å². The Hall–Kier alpha value is -1.62. The van der Waals surface area contributed by atoms with Gasteiger partial charge in [-0.15, -0.1) is 0 Å². The fourth-order valence-electron chi connectivity index (χ4n) is 2.32. The van der Waals surface area contributed by atoms with Gasteiger partial charge in [0.1, 0.15) is 4.90 Å². The normalized spacial score (nSPS) is 13.4. The molecule has 6 nitrogen and oxygen atoms in total. The predicted molar refractivity (Wildman–Crippen MR) is 83.2 cm³/mol. The molecule has 0 radical (unpaired) electrons. The van der Waals surface area contributed by atoms with Crippen LogP contribution in [0.2, 0.25) is 0 Å². The molecular weight excluding hydrogens is 288 g/mol. The largest absolute Gasteiger partial charge is 0.398 e. The van der Waals surface area contributed by atoms with E-state index in [2.05, 4.69) is 0 Å². The van der Waals surface area contributed by atoms with Crippen LogP contribution in [-0.2, 0) is 10.0 Å². The Bertz CT molecular complexity index is 635. The highest BCUT2D eigenvalue weighted by atomic mass is 32.2. The van der Waals surface area contributed by atoms with E-state index in [-0.39, 0.29) is 16.6 Å². The first-order chi connectivity index (χ1) is 9.73. The lowest BCUT2D eigenvalue weighted by atomic mass is 10.2. The molecule has 0 spiro atoms. The number of hydrogen-bond acceptors (Lipinski definition) is 5.